The number of carbonyl (C=O) groups excluding carboxylic acids is 2. The highest BCUT2D eigenvalue weighted by Crippen LogP contribution is 2.33. The number of carbonyl (C=O) groups is 3. The average molecular weight is 348 g/mol. The van der Waals surface area contributed by atoms with Crippen LogP contribution in [-0.2, 0) is 14.4 Å². The maximum atomic E-state index is 13.4. The monoisotopic (exact) mass is 348 g/mol. The van der Waals surface area contributed by atoms with Gasteiger partial charge in [0.1, 0.15) is 5.82 Å². The highest BCUT2D eigenvalue weighted by molar-refractivity contribution is 6.00. The van der Waals surface area contributed by atoms with Gasteiger partial charge in [-0.15, -0.1) is 0 Å². The van der Waals surface area contributed by atoms with Crippen LogP contribution >= 0.6 is 0 Å². The largest absolute Gasteiger partial charge is 0.481 e. The third-order valence-electron chi connectivity index (χ3n) is 5.23. The topological polar surface area (TPSA) is 77.9 Å². The van der Waals surface area contributed by atoms with Crippen molar-refractivity contribution in [2.24, 2.45) is 11.3 Å². The lowest BCUT2D eigenvalue weighted by Crippen LogP contribution is -2.39. The second-order valence-electron chi connectivity index (χ2n) is 7.21. The fraction of sp³-hybridized carbons (Fsp3) is 0.500. The maximum Gasteiger partial charge on any atom is 0.311 e. The molecule has 2 amide bonds. The number of benzene rings is 1. The van der Waals surface area contributed by atoms with Gasteiger partial charge >= 0.3 is 5.97 Å². The summed E-state index contributed by atoms with van der Waals surface area (Å²) < 4.78 is 13.4. The van der Waals surface area contributed by atoms with Gasteiger partial charge in [0.25, 0.3) is 0 Å². The normalized spacial score (nSPS) is 26.4. The lowest BCUT2D eigenvalue weighted by Gasteiger charge is -2.23. The Bertz CT molecular complexity index is 751. The number of hydrogen-bond donors (Lipinski definition) is 1. The fourth-order valence-corrected chi connectivity index (χ4v) is 3.50. The van der Waals surface area contributed by atoms with Gasteiger partial charge in [0, 0.05) is 31.7 Å². The van der Waals surface area contributed by atoms with E-state index in [0.29, 0.717) is 24.2 Å². The van der Waals surface area contributed by atoms with E-state index in [9.17, 15) is 23.9 Å². The quantitative estimate of drug-likeness (QED) is 0.904. The van der Waals surface area contributed by atoms with E-state index in [1.54, 1.807) is 24.8 Å². The lowest BCUT2D eigenvalue weighted by atomic mass is 9.90. The molecular weight excluding hydrogens is 327 g/mol. The van der Waals surface area contributed by atoms with E-state index < -0.39 is 17.3 Å². The number of nitrogens with zero attached hydrogens (tertiary/aromatic N) is 2. The summed E-state index contributed by atoms with van der Waals surface area (Å²) in [4.78, 5) is 39.4. The molecule has 2 atom stereocenters. The Morgan fingerprint density at radius 1 is 1.36 bits per heavy atom. The molecule has 1 N–H and O–H groups in total. The molecule has 0 aromatic heterocycles. The second kappa shape index (κ2) is 6.13. The molecule has 0 saturated carbocycles. The van der Waals surface area contributed by atoms with Crippen LogP contribution in [0.15, 0.2) is 18.2 Å². The first kappa shape index (κ1) is 17.4. The van der Waals surface area contributed by atoms with Crippen LogP contribution in [0.5, 0.6) is 0 Å². The number of likely N-dealkylation sites (tertiary alicyclic amines) is 1. The standard InChI is InChI=1S/C18H21FN2O4/c1-11-7-13(3-4-14(11)19)21-9-12(8-15(21)22)16(23)20-6-5-18(2,10-20)17(24)25/h3-4,7,12H,5-6,8-10H2,1-2H3,(H,24,25). The molecule has 1 aromatic rings. The van der Waals surface area contributed by atoms with E-state index in [-0.39, 0.29) is 37.1 Å². The Balaban J connectivity index is 1.71. The number of rotatable bonds is 3. The molecule has 7 heteroatoms. The minimum atomic E-state index is -0.925. The summed E-state index contributed by atoms with van der Waals surface area (Å²) in [7, 11) is 0. The molecule has 2 heterocycles. The molecule has 2 saturated heterocycles. The van der Waals surface area contributed by atoms with Crippen molar-refractivity contribution in [3.8, 4) is 0 Å². The van der Waals surface area contributed by atoms with Crippen LogP contribution < -0.4 is 4.90 Å². The fourth-order valence-electron chi connectivity index (χ4n) is 3.50. The van der Waals surface area contributed by atoms with Gasteiger partial charge in [-0.2, -0.15) is 0 Å². The molecule has 3 rings (SSSR count). The van der Waals surface area contributed by atoms with E-state index in [1.807, 2.05) is 0 Å². The number of amides is 2. The van der Waals surface area contributed by atoms with E-state index in [4.69, 9.17) is 0 Å². The maximum absolute atomic E-state index is 13.4. The molecule has 2 aliphatic rings. The molecule has 2 unspecified atom stereocenters. The highest BCUT2D eigenvalue weighted by Gasteiger charge is 2.45. The number of carboxylic acid groups (broad SMARTS) is 1. The number of halogens is 1. The third-order valence-corrected chi connectivity index (χ3v) is 5.23. The van der Waals surface area contributed by atoms with Crippen molar-refractivity contribution in [3.63, 3.8) is 0 Å². The Morgan fingerprint density at radius 3 is 2.68 bits per heavy atom. The molecule has 2 fully saturated rings. The van der Waals surface area contributed by atoms with Crippen molar-refractivity contribution in [3.05, 3.63) is 29.6 Å². The van der Waals surface area contributed by atoms with Crippen molar-refractivity contribution in [2.75, 3.05) is 24.5 Å². The van der Waals surface area contributed by atoms with E-state index in [0.717, 1.165) is 0 Å². The van der Waals surface area contributed by atoms with Crippen LogP contribution in [0.3, 0.4) is 0 Å². The van der Waals surface area contributed by atoms with Gasteiger partial charge < -0.3 is 14.9 Å². The summed E-state index contributed by atoms with van der Waals surface area (Å²) >= 11 is 0. The highest BCUT2D eigenvalue weighted by atomic mass is 19.1. The first-order valence-corrected chi connectivity index (χ1v) is 8.30. The Labute approximate surface area is 145 Å². The second-order valence-corrected chi connectivity index (χ2v) is 7.21. The van der Waals surface area contributed by atoms with Crippen LogP contribution in [-0.4, -0.2) is 47.4 Å². The van der Waals surface area contributed by atoms with Gasteiger partial charge in [0.2, 0.25) is 11.8 Å². The minimum Gasteiger partial charge on any atom is -0.481 e. The third kappa shape index (κ3) is 3.10. The smallest absolute Gasteiger partial charge is 0.311 e. The first-order chi connectivity index (χ1) is 11.7. The van der Waals surface area contributed by atoms with Crippen molar-refractivity contribution < 1.29 is 23.9 Å². The van der Waals surface area contributed by atoms with Gasteiger partial charge in [0.15, 0.2) is 0 Å². The van der Waals surface area contributed by atoms with Crippen molar-refractivity contribution >= 4 is 23.5 Å². The minimum absolute atomic E-state index is 0.0928. The van der Waals surface area contributed by atoms with E-state index in [1.165, 1.54) is 17.0 Å². The number of aryl methyl sites for hydroxylation is 1. The lowest BCUT2D eigenvalue weighted by molar-refractivity contribution is -0.147. The first-order valence-electron chi connectivity index (χ1n) is 8.30. The number of carboxylic acids is 1. The van der Waals surface area contributed by atoms with Crippen molar-refractivity contribution in [2.45, 2.75) is 26.7 Å². The summed E-state index contributed by atoms with van der Waals surface area (Å²) in [6.07, 6.45) is 0.505. The van der Waals surface area contributed by atoms with Gasteiger partial charge in [-0.25, -0.2) is 4.39 Å². The average Bonchev–Trinajstić information content (AvgIpc) is 3.14. The molecule has 0 bridgehead atoms. The summed E-state index contributed by atoms with van der Waals surface area (Å²) in [6, 6.07) is 4.44. The van der Waals surface area contributed by atoms with Gasteiger partial charge in [-0.1, -0.05) is 0 Å². The van der Waals surface area contributed by atoms with Gasteiger partial charge in [0.05, 0.1) is 11.3 Å². The Hall–Kier alpha value is -2.44. The zero-order valence-electron chi connectivity index (χ0n) is 14.3. The molecule has 0 spiro atoms. The van der Waals surface area contributed by atoms with Crippen LogP contribution in [0.25, 0.3) is 0 Å². The molecular formula is C18H21FN2O4. The SMILES string of the molecule is Cc1cc(N2CC(C(=O)N3CCC(C)(C(=O)O)C3)CC2=O)ccc1F. The molecule has 0 radical (unpaired) electrons. The Kier molecular flexibility index (Phi) is 4.26. The van der Waals surface area contributed by atoms with Crippen molar-refractivity contribution in [1.29, 1.82) is 0 Å². The molecule has 2 aliphatic heterocycles. The predicted molar refractivity (Wildman–Crippen MR) is 88.5 cm³/mol. The van der Waals surface area contributed by atoms with Crippen LogP contribution in [0.2, 0.25) is 0 Å². The number of hydrogen-bond acceptors (Lipinski definition) is 3. The van der Waals surface area contributed by atoms with E-state index in [2.05, 4.69) is 0 Å². The molecule has 134 valence electrons. The molecule has 25 heavy (non-hydrogen) atoms. The molecule has 6 nitrogen and oxygen atoms in total. The van der Waals surface area contributed by atoms with Crippen LogP contribution in [0.4, 0.5) is 10.1 Å². The van der Waals surface area contributed by atoms with E-state index >= 15 is 0 Å². The summed E-state index contributed by atoms with van der Waals surface area (Å²) in [5.74, 6) is -2.10. The zero-order valence-corrected chi connectivity index (χ0v) is 14.3. The summed E-state index contributed by atoms with van der Waals surface area (Å²) in [5.41, 5.74) is 0.0966. The molecule has 0 aliphatic carbocycles. The Morgan fingerprint density at radius 2 is 2.08 bits per heavy atom. The molecule has 1 aromatic carbocycles. The van der Waals surface area contributed by atoms with Crippen LogP contribution in [0, 0.1) is 24.1 Å². The van der Waals surface area contributed by atoms with Gasteiger partial charge in [-0.3, -0.25) is 14.4 Å². The van der Waals surface area contributed by atoms with Crippen LogP contribution in [0.1, 0.15) is 25.3 Å². The number of aliphatic carboxylic acids is 1. The zero-order chi connectivity index (χ0) is 18.4. The summed E-state index contributed by atoms with van der Waals surface area (Å²) in [5, 5.41) is 9.29. The van der Waals surface area contributed by atoms with Gasteiger partial charge in [-0.05, 0) is 44.0 Å². The summed E-state index contributed by atoms with van der Waals surface area (Å²) in [6.45, 7) is 4.06. The number of anilines is 1. The van der Waals surface area contributed by atoms with Crippen molar-refractivity contribution in [1.82, 2.24) is 4.90 Å². The predicted octanol–water partition coefficient (Wildman–Crippen LogP) is 1.81.